The number of amides is 1. The normalized spacial score (nSPS) is 17.0. The van der Waals surface area contributed by atoms with Crippen LogP contribution >= 0.6 is 0 Å². The Morgan fingerprint density at radius 2 is 1.76 bits per heavy atom. The van der Waals surface area contributed by atoms with E-state index in [2.05, 4.69) is 5.32 Å². The second-order valence-corrected chi connectivity index (χ2v) is 8.00. The van der Waals surface area contributed by atoms with E-state index in [0.717, 1.165) is 30.5 Å². The predicted octanol–water partition coefficient (Wildman–Crippen LogP) is 6.23. The minimum Gasteiger partial charge on any atom is -0.496 e. The number of methoxy groups -OCH3 is 1. The number of nitrogens with zero attached hydrogens (tertiary/aromatic N) is 1. The van der Waals surface area contributed by atoms with Gasteiger partial charge >= 0.3 is 6.18 Å². The van der Waals surface area contributed by atoms with Crippen LogP contribution in [0.15, 0.2) is 78.9 Å². The Morgan fingerprint density at radius 1 is 1.03 bits per heavy atom. The topological polar surface area (TPSA) is 41.6 Å². The van der Waals surface area contributed by atoms with Gasteiger partial charge in [-0.3, -0.25) is 4.79 Å². The third kappa shape index (κ3) is 4.97. The van der Waals surface area contributed by atoms with Crippen molar-refractivity contribution < 1.29 is 22.7 Å². The second-order valence-electron chi connectivity index (χ2n) is 8.00. The third-order valence-electron chi connectivity index (χ3n) is 5.91. The number of alkyl halides is 3. The molecule has 1 aliphatic rings. The molecule has 1 heterocycles. The van der Waals surface area contributed by atoms with Gasteiger partial charge in [-0.25, -0.2) is 0 Å². The fraction of sp³-hybridized carbons (Fsp3) is 0.269. The van der Waals surface area contributed by atoms with Gasteiger partial charge in [0.15, 0.2) is 0 Å². The fourth-order valence-electron chi connectivity index (χ4n) is 4.34. The summed E-state index contributed by atoms with van der Waals surface area (Å²) in [5, 5.41) is 3.16. The molecule has 1 amide bonds. The highest BCUT2D eigenvalue weighted by atomic mass is 19.4. The Labute approximate surface area is 191 Å². The molecule has 2 atom stereocenters. The van der Waals surface area contributed by atoms with Crippen LogP contribution in [0.4, 0.5) is 18.9 Å². The number of halogens is 3. The van der Waals surface area contributed by atoms with E-state index in [1.54, 1.807) is 30.2 Å². The first-order valence-electron chi connectivity index (χ1n) is 10.8. The lowest BCUT2D eigenvalue weighted by molar-refractivity contribution is -0.138. The van der Waals surface area contributed by atoms with Crippen molar-refractivity contribution in [1.29, 1.82) is 0 Å². The van der Waals surface area contributed by atoms with Crippen LogP contribution in [-0.2, 0) is 11.0 Å². The molecular weight excluding hydrogens is 429 g/mol. The molecule has 7 heteroatoms. The number of carbonyl (C=O) groups excluding carboxylic acids is 1. The van der Waals surface area contributed by atoms with Crippen LogP contribution in [0.1, 0.15) is 41.6 Å². The molecule has 1 N–H and O–H groups in total. The first-order valence-corrected chi connectivity index (χ1v) is 10.8. The zero-order chi connectivity index (χ0) is 23.4. The Kier molecular flexibility index (Phi) is 6.58. The zero-order valence-corrected chi connectivity index (χ0v) is 18.2. The van der Waals surface area contributed by atoms with Crippen molar-refractivity contribution in [3.63, 3.8) is 0 Å². The molecule has 0 aromatic heterocycles. The van der Waals surface area contributed by atoms with E-state index in [4.69, 9.17) is 4.74 Å². The Morgan fingerprint density at radius 3 is 2.48 bits per heavy atom. The van der Waals surface area contributed by atoms with Crippen molar-refractivity contribution in [3.05, 3.63) is 95.6 Å². The summed E-state index contributed by atoms with van der Waals surface area (Å²) in [7, 11) is 1.59. The molecule has 0 aliphatic carbocycles. The van der Waals surface area contributed by atoms with Gasteiger partial charge in [0.2, 0.25) is 5.91 Å². The maximum atomic E-state index is 13.8. The zero-order valence-electron chi connectivity index (χ0n) is 18.2. The lowest BCUT2D eigenvalue weighted by atomic mass is 9.99. The monoisotopic (exact) mass is 454 g/mol. The molecule has 33 heavy (non-hydrogen) atoms. The van der Waals surface area contributed by atoms with E-state index >= 15 is 0 Å². The predicted molar refractivity (Wildman–Crippen MR) is 121 cm³/mol. The van der Waals surface area contributed by atoms with Crippen molar-refractivity contribution in [2.75, 3.05) is 19.0 Å². The molecule has 0 spiro atoms. The Balaban J connectivity index is 1.71. The van der Waals surface area contributed by atoms with Crippen molar-refractivity contribution >= 4 is 11.6 Å². The smallest absolute Gasteiger partial charge is 0.416 e. The molecule has 0 saturated carbocycles. The number of ether oxygens (including phenoxy) is 1. The van der Waals surface area contributed by atoms with Crippen molar-refractivity contribution in [2.24, 2.45) is 0 Å². The summed E-state index contributed by atoms with van der Waals surface area (Å²) in [6.45, 7) is 0.521. The van der Waals surface area contributed by atoms with Gasteiger partial charge in [0.25, 0.3) is 0 Å². The number of hydrogen-bond donors (Lipinski definition) is 1. The van der Waals surface area contributed by atoms with Gasteiger partial charge in [-0.05, 0) is 48.7 Å². The summed E-state index contributed by atoms with van der Waals surface area (Å²) >= 11 is 0. The quantitative estimate of drug-likeness (QED) is 0.480. The molecule has 2 unspecified atom stereocenters. The maximum Gasteiger partial charge on any atom is 0.416 e. The van der Waals surface area contributed by atoms with Gasteiger partial charge in [0.05, 0.1) is 18.7 Å². The first-order chi connectivity index (χ1) is 15.9. The summed E-state index contributed by atoms with van der Waals surface area (Å²) in [6.07, 6.45) is -2.94. The minimum atomic E-state index is -4.50. The highest BCUT2D eigenvalue weighted by Gasteiger charge is 2.37. The number of hydrogen-bond acceptors (Lipinski definition) is 3. The molecule has 1 aliphatic heterocycles. The molecule has 1 fully saturated rings. The maximum absolute atomic E-state index is 13.8. The third-order valence-corrected chi connectivity index (χ3v) is 5.91. The summed E-state index contributed by atoms with van der Waals surface area (Å²) in [4.78, 5) is 15.6. The fourth-order valence-corrected chi connectivity index (χ4v) is 4.34. The van der Waals surface area contributed by atoms with Crippen molar-refractivity contribution in [3.8, 4) is 5.75 Å². The Bertz CT molecular complexity index is 1100. The van der Waals surface area contributed by atoms with E-state index in [0.29, 0.717) is 18.0 Å². The number of carbonyl (C=O) groups is 1. The summed E-state index contributed by atoms with van der Waals surface area (Å²) < 4.78 is 45.7. The number of nitrogens with one attached hydrogen (secondary N) is 1. The van der Waals surface area contributed by atoms with E-state index in [-0.39, 0.29) is 17.5 Å². The molecule has 0 radical (unpaired) electrons. The van der Waals surface area contributed by atoms with E-state index in [1.807, 2.05) is 42.5 Å². The van der Waals surface area contributed by atoms with Gasteiger partial charge in [0.1, 0.15) is 11.8 Å². The van der Waals surface area contributed by atoms with Gasteiger partial charge in [-0.2, -0.15) is 13.2 Å². The average Bonchev–Trinajstić information content (AvgIpc) is 3.32. The second kappa shape index (κ2) is 9.57. The molecule has 0 bridgehead atoms. The van der Waals surface area contributed by atoms with Crippen LogP contribution in [0.2, 0.25) is 0 Å². The average molecular weight is 454 g/mol. The van der Waals surface area contributed by atoms with Crippen LogP contribution in [-0.4, -0.2) is 24.5 Å². The minimum absolute atomic E-state index is 0.209. The number of benzene rings is 3. The van der Waals surface area contributed by atoms with Crippen LogP contribution in [0, 0.1) is 0 Å². The van der Waals surface area contributed by atoms with Crippen LogP contribution in [0.25, 0.3) is 0 Å². The number of likely N-dealkylation sites (tertiary alicyclic amines) is 1. The lowest BCUT2D eigenvalue weighted by Gasteiger charge is -2.31. The number of anilines is 1. The molecule has 4 nitrogen and oxygen atoms in total. The molecule has 3 aromatic rings. The van der Waals surface area contributed by atoms with Crippen LogP contribution in [0.3, 0.4) is 0 Å². The summed E-state index contributed by atoms with van der Waals surface area (Å²) in [6, 6.07) is 20.4. The number of para-hydroxylation sites is 2. The highest BCUT2D eigenvalue weighted by molar-refractivity contribution is 5.87. The summed E-state index contributed by atoms with van der Waals surface area (Å²) in [5.74, 6) is 0.417. The van der Waals surface area contributed by atoms with Gasteiger partial charge in [-0.1, -0.05) is 48.5 Å². The SMILES string of the molecule is COc1ccccc1C1CCCN1C(=O)C(Nc1ccccc1)c1cccc(C(F)(F)F)c1. The van der Waals surface area contributed by atoms with Gasteiger partial charge < -0.3 is 15.0 Å². The van der Waals surface area contributed by atoms with E-state index < -0.39 is 17.8 Å². The van der Waals surface area contributed by atoms with Crippen molar-refractivity contribution in [1.82, 2.24) is 4.90 Å². The summed E-state index contributed by atoms with van der Waals surface area (Å²) in [5.41, 5.74) is 1.04. The van der Waals surface area contributed by atoms with Crippen molar-refractivity contribution in [2.45, 2.75) is 31.1 Å². The van der Waals surface area contributed by atoms with Gasteiger partial charge in [-0.15, -0.1) is 0 Å². The largest absolute Gasteiger partial charge is 0.496 e. The highest BCUT2D eigenvalue weighted by Crippen LogP contribution is 2.39. The Hall–Kier alpha value is -3.48. The molecular formula is C26H25F3N2O2. The van der Waals surface area contributed by atoms with E-state index in [1.165, 1.54) is 6.07 Å². The van der Waals surface area contributed by atoms with Crippen LogP contribution in [0.5, 0.6) is 5.75 Å². The lowest BCUT2D eigenvalue weighted by Crippen LogP contribution is -2.38. The first kappa shape index (κ1) is 22.7. The molecule has 1 saturated heterocycles. The molecule has 4 rings (SSSR count). The standard InChI is InChI=1S/C26H25F3N2O2/c1-33-23-15-6-5-13-21(23)22-14-8-16-31(22)25(32)24(30-20-11-3-2-4-12-20)18-9-7-10-19(17-18)26(27,28)29/h2-7,9-13,15,17,22,24,30H,8,14,16H2,1H3. The molecule has 172 valence electrons. The van der Waals surface area contributed by atoms with Crippen LogP contribution < -0.4 is 10.1 Å². The number of rotatable bonds is 6. The molecule has 3 aromatic carbocycles. The van der Waals surface area contributed by atoms with Gasteiger partial charge in [0, 0.05) is 17.8 Å². The van der Waals surface area contributed by atoms with E-state index in [9.17, 15) is 18.0 Å².